The lowest BCUT2D eigenvalue weighted by molar-refractivity contribution is -0.147. The van der Waals surface area contributed by atoms with Gasteiger partial charge in [-0.25, -0.2) is 4.98 Å². The highest BCUT2D eigenvalue weighted by molar-refractivity contribution is 5.97. The number of carbonyl (C=O) groups excluding carboxylic acids is 3. The molecule has 0 radical (unpaired) electrons. The van der Waals surface area contributed by atoms with Crippen LogP contribution in [0.3, 0.4) is 0 Å². The fourth-order valence-corrected chi connectivity index (χ4v) is 3.76. The maximum Gasteiger partial charge on any atom is 0.305 e. The van der Waals surface area contributed by atoms with E-state index in [2.05, 4.69) is 36.3 Å². The number of aromatic nitrogens is 1. The fourth-order valence-electron chi connectivity index (χ4n) is 3.76. The van der Waals surface area contributed by atoms with Crippen LogP contribution in [0.25, 0.3) is 0 Å². The van der Waals surface area contributed by atoms with Crippen molar-refractivity contribution in [3.05, 3.63) is 53.9 Å². The van der Waals surface area contributed by atoms with Crippen LogP contribution in [0.4, 0.5) is 0 Å². The largest absolute Gasteiger partial charge is 0.493 e. The Bertz CT molecular complexity index is 996. The Hall–Kier alpha value is -3.46. The molecule has 3 atom stereocenters. The summed E-state index contributed by atoms with van der Waals surface area (Å²) in [5.41, 5.74) is -0.314. The summed E-state index contributed by atoms with van der Waals surface area (Å²) in [4.78, 5) is 40.2. The number of hydrogen-bond acceptors (Lipinski definition) is 8. The van der Waals surface area contributed by atoms with E-state index in [0.29, 0.717) is 12.2 Å². The van der Waals surface area contributed by atoms with Crippen LogP contribution in [0.2, 0.25) is 0 Å². The van der Waals surface area contributed by atoms with Gasteiger partial charge in [0.05, 0.1) is 19.8 Å². The second-order valence-corrected chi connectivity index (χ2v) is 8.78. The van der Waals surface area contributed by atoms with Crippen LogP contribution in [0, 0.1) is 5.92 Å². The van der Waals surface area contributed by atoms with Gasteiger partial charge in [-0.15, -0.1) is 0 Å². The third-order valence-electron chi connectivity index (χ3n) is 5.48. The topological polar surface area (TPSA) is 113 Å². The monoisotopic (exact) mass is 486 g/mol. The summed E-state index contributed by atoms with van der Waals surface area (Å²) < 4.78 is 21.6. The zero-order valence-electron chi connectivity index (χ0n) is 21.1. The molecule has 9 heteroatoms. The number of methoxy groups -OCH3 is 1. The molecule has 0 aliphatic heterocycles. The molecular weight excluding hydrogens is 452 g/mol. The predicted molar refractivity (Wildman–Crippen MR) is 129 cm³/mol. The number of rotatable bonds is 13. The Balaban J connectivity index is 2.16. The van der Waals surface area contributed by atoms with Crippen molar-refractivity contribution in [2.75, 3.05) is 20.5 Å². The number of ether oxygens (including phenoxy) is 4. The van der Waals surface area contributed by atoms with Crippen LogP contribution < -0.4 is 14.8 Å². The molecule has 1 aromatic carbocycles. The molecule has 190 valence electrons. The van der Waals surface area contributed by atoms with Gasteiger partial charge in [0.1, 0.15) is 11.8 Å². The minimum atomic E-state index is -1.33. The molecule has 35 heavy (non-hydrogen) atoms. The summed E-state index contributed by atoms with van der Waals surface area (Å²) in [7, 11) is 1.40. The molecule has 0 spiro atoms. The lowest BCUT2D eigenvalue weighted by Crippen LogP contribution is -2.52. The van der Waals surface area contributed by atoms with Crippen molar-refractivity contribution in [1.29, 1.82) is 0 Å². The van der Waals surface area contributed by atoms with Gasteiger partial charge in [0.15, 0.2) is 17.2 Å². The third kappa shape index (κ3) is 7.78. The fraction of sp³-hybridized carbons (Fsp3) is 0.462. The number of carbonyl (C=O) groups is 3. The van der Waals surface area contributed by atoms with Crippen molar-refractivity contribution < 1.29 is 33.3 Å². The average molecular weight is 487 g/mol. The van der Waals surface area contributed by atoms with Crippen LogP contribution >= 0.6 is 0 Å². The summed E-state index contributed by atoms with van der Waals surface area (Å²) in [5.74, 6) is -0.616. The van der Waals surface area contributed by atoms with Gasteiger partial charge in [-0.05, 0) is 25.3 Å². The molecule has 0 bridgehead atoms. The van der Waals surface area contributed by atoms with Gasteiger partial charge in [0, 0.05) is 25.1 Å². The van der Waals surface area contributed by atoms with E-state index < -0.39 is 24.2 Å². The van der Waals surface area contributed by atoms with Gasteiger partial charge >= 0.3 is 5.97 Å². The van der Waals surface area contributed by atoms with Gasteiger partial charge in [0.2, 0.25) is 6.79 Å². The van der Waals surface area contributed by atoms with E-state index in [1.165, 1.54) is 26.3 Å². The molecule has 0 fully saturated rings. The number of benzene rings is 1. The number of esters is 1. The Morgan fingerprint density at radius 3 is 2.40 bits per heavy atom. The quantitative estimate of drug-likeness (QED) is 0.260. The lowest BCUT2D eigenvalue weighted by Gasteiger charge is -2.32. The SMILES string of the molecule is COc1ccnc(C(=O)N[C@@](C)(C=O)CO[C@@H](C)[C@@H](c2ccccc2)C(C)C)c1OCOC(C)=O. The molecule has 1 aromatic heterocycles. The van der Waals surface area contributed by atoms with Crippen LogP contribution in [-0.4, -0.2) is 55.3 Å². The number of amides is 1. The third-order valence-corrected chi connectivity index (χ3v) is 5.48. The van der Waals surface area contributed by atoms with Crippen LogP contribution in [0.5, 0.6) is 11.5 Å². The normalized spacial score (nSPS) is 14.4. The molecule has 0 aliphatic rings. The van der Waals surface area contributed by atoms with E-state index in [-0.39, 0.29) is 35.8 Å². The van der Waals surface area contributed by atoms with E-state index >= 15 is 0 Å². The zero-order valence-corrected chi connectivity index (χ0v) is 21.1. The zero-order chi connectivity index (χ0) is 26.0. The highest BCUT2D eigenvalue weighted by Crippen LogP contribution is 2.31. The summed E-state index contributed by atoms with van der Waals surface area (Å²) in [5, 5.41) is 2.68. The summed E-state index contributed by atoms with van der Waals surface area (Å²) in [6.07, 6.45) is 1.78. The van der Waals surface area contributed by atoms with Crippen LogP contribution in [0.15, 0.2) is 42.6 Å². The maximum absolute atomic E-state index is 13.1. The lowest BCUT2D eigenvalue weighted by atomic mass is 9.84. The average Bonchev–Trinajstić information content (AvgIpc) is 2.83. The molecule has 9 nitrogen and oxygen atoms in total. The van der Waals surface area contributed by atoms with Gasteiger partial charge in [0.25, 0.3) is 5.91 Å². The molecule has 1 amide bonds. The number of nitrogens with one attached hydrogen (secondary N) is 1. The molecule has 0 saturated carbocycles. The summed E-state index contributed by atoms with van der Waals surface area (Å²) >= 11 is 0. The van der Waals surface area contributed by atoms with E-state index in [1.807, 2.05) is 25.1 Å². The summed E-state index contributed by atoms with van der Waals surface area (Å²) in [6.45, 7) is 8.50. The minimum absolute atomic E-state index is 0.0137. The maximum atomic E-state index is 13.1. The van der Waals surface area contributed by atoms with E-state index in [0.717, 1.165) is 5.56 Å². The predicted octanol–water partition coefficient (Wildman–Crippen LogP) is 3.52. The van der Waals surface area contributed by atoms with Gasteiger partial charge in [-0.2, -0.15) is 0 Å². The first-order valence-corrected chi connectivity index (χ1v) is 11.4. The standard InChI is InChI=1S/C26H34N2O7/c1-17(2)22(20-10-8-7-9-11-20)18(3)33-15-26(5,14-29)28-25(31)23-24(35-16-34-19(4)30)21(32-6)12-13-27-23/h7-14,17-18,22H,15-16H2,1-6H3,(H,28,31)/t18-,22-,26-/m0/s1. The number of hydrogen-bond donors (Lipinski definition) is 1. The second kappa shape index (κ2) is 12.9. The molecular formula is C26H34N2O7. The van der Waals surface area contributed by atoms with Crippen molar-refractivity contribution in [2.45, 2.75) is 52.2 Å². The number of nitrogens with zero attached hydrogens (tertiary/aromatic N) is 1. The van der Waals surface area contributed by atoms with Gasteiger partial charge in [-0.1, -0.05) is 44.2 Å². The summed E-state index contributed by atoms with van der Waals surface area (Å²) in [6, 6.07) is 11.5. The molecule has 2 aromatic rings. The molecule has 0 unspecified atom stereocenters. The molecule has 2 rings (SSSR count). The first-order chi connectivity index (χ1) is 16.6. The molecule has 0 aliphatic carbocycles. The Morgan fingerprint density at radius 1 is 1.14 bits per heavy atom. The first-order valence-electron chi connectivity index (χ1n) is 11.4. The smallest absolute Gasteiger partial charge is 0.305 e. The van der Waals surface area contributed by atoms with Crippen LogP contribution in [0.1, 0.15) is 56.6 Å². The second-order valence-electron chi connectivity index (χ2n) is 8.78. The minimum Gasteiger partial charge on any atom is -0.493 e. The van der Waals surface area contributed by atoms with Crippen molar-refractivity contribution in [3.8, 4) is 11.5 Å². The highest BCUT2D eigenvalue weighted by Gasteiger charge is 2.32. The number of aldehydes is 1. The molecule has 1 heterocycles. The molecule has 0 saturated heterocycles. The van der Waals surface area contributed by atoms with Crippen molar-refractivity contribution in [2.24, 2.45) is 5.92 Å². The van der Waals surface area contributed by atoms with Gasteiger partial charge < -0.3 is 29.1 Å². The van der Waals surface area contributed by atoms with Crippen LogP contribution in [-0.2, 0) is 19.1 Å². The van der Waals surface area contributed by atoms with Crippen molar-refractivity contribution in [1.82, 2.24) is 10.3 Å². The van der Waals surface area contributed by atoms with E-state index in [4.69, 9.17) is 18.9 Å². The number of pyridine rings is 1. The Kier molecular flexibility index (Phi) is 10.2. The Labute approximate surface area is 206 Å². The highest BCUT2D eigenvalue weighted by atomic mass is 16.7. The van der Waals surface area contributed by atoms with E-state index in [9.17, 15) is 14.4 Å². The van der Waals surface area contributed by atoms with Crippen molar-refractivity contribution in [3.63, 3.8) is 0 Å². The van der Waals surface area contributed by atoms with E-state index in [1.54, 1.807) is 6.92 Å². The van der Waals surface area contributed by atoms with Gasteiger partial charge in [-0.3, -0.25) is 9.59 Å². The van der Waals surface area contributed by atoms with Crippen molar-refractivity contribution >= 4 is 18.2 Å². The molecule has 1 N–H and O–H groups in total. The Morgan fingerprint density at radius 2 is 1.83 bits per heavy atom. The first kappa shape index (κ1) is 27.8.